The molecule has 0 spiro atoms. The summed E-state index contributed by atoms with van der Waals surface area (Å²) in [6, 6.07) is 12.8. The van der Waals surface area contributed by atoms with Crippen LogP contribution in [0.3, 0.4) is 0 Å². The Balaban J connectivity index is 0.000000877. The van der Waals surface area contributed by atoms with Crippen LogP contribution >= 0.6 is 23.2 Å². The van der Waals surface area contributed by atoms with Gasteiger partial charge < -0.3 is 16.0 Å². The van der Waals surface area contributed by atoms with E-state index in [1.54, 1.807) is 12.1 Å². The standard InChI is InChI=1S/C25H31Cl2N3O2.C5H12/c1-2-22(17-7-6-8-19(26)13-17)24(25(32)30-21-9-4-3-5-10-21)28-15-18-11-12-20(27)14-23(18)29-16-31;1-5(2,3)4/h6-8,11-14,16,21-22,24,28H,2-5,9-10,15H2,1H3,(H,29,31)(H,30,32);1-4H3/t22?,24-;/m1./s1. The summed E-state index contributed by atoms with van der Waals surface area (Å²) in [5, 5.41) is 10.6. The normalized spacial score (nSPS) is 15.6. The zero-order valence-electron chi connectivity index (χ0n) is 22.9. The number of carbonyl (C=O) groups is 2. The van der Waals surface area contributed by atoms with Crippen molar-refractivity contribution >= 4 is 41.2 Å². The molecule has 3 N–H and O–H groups in total. The Labute approximate surface area is 233 Å². The highest BCUT2D eigenvalue weighted by Gasteiger charge is 2.30. The molecule has 0 aliphatic heterocycles. The van der Waals surface area contributed by atoms with Gasteiger partial charge in [0.25, 0.3) is 0 Å². The van der Waals surface area contributed by atoms with Crippen LogP contribution in [0.4, 0.5) is 5.69 Å². The minimum atomic E-state index is -0.444. The van der Waals surface area contributed by atoms with Gasteiger partial charge in [0.05, 0.1) is 6.04 Å². The van der Waals surface area contributed by atoms with Crippen LogP contribution in [-0.4, -0.2) is 24.4 Å². The lowest BCUT2D eigenvalue weighted by molar-refractivity contribution is -0.124. The van der Waals surface area contributed by atoms with Crippen LogP contribution in [-0.2, 0) is 16.1 Å². The number of anilines is 1. The minimum Gasteiger partial charge on any atom is -0.352 e. The van der Waals surface area contributed by atoms with Crippen molar-refractivity contribution in [1.82, 2.24) is 10.6 Å². The Bertz CT molecular complexity index is 995. The van der Waals surface area contributed by atoms with Crippen LogP contribution in [0.2, 0.25) is 10.0 Å². The van der Waals surface area contributed by atoms with Gasteiger partial charge in [-0.05, 0) is 60.1 Å². The molecule has 1 aliphatic rings. The molecule has 0 heterocycles. The maximum absolute atomic E-state index is 13.5. The van der Waals surface area contributed by atoms with E-state index in [2.05, 4.69) is 50.6 Å². The van der Waals surface area contributed by atoms with E-state index in [0.29, 0.717) is 34.1 Å². The Morgan fingerprint density at radius 1 is 1.03 bits per heavy atom. The van der Waals surface area contributed by atoms with Crippen LogP contribution in [0.25, 0.3) is 0 Å². The molecule has 2 aromatic rings. The molecule has 2 amide bonds. The summed E-state index contributed by atoms with van der Waals surface area (Å²) in [5.74, 6) is -0.0466. The third-order valence-electron chi connectivity index (χ3n) is 6.15. The van der Waals surface area contributed by atoms with E-state index in [1.165, 1.54) is 6.42 Å². The highest BCUT2D eigenvalue weighted by molar-refractivity contribution is 6.31. The monoisotopic (exact) mass is 547 g/mol. The molecule has 0 bridgehead atoms. The summed E-state index contributed by atoms with van der Waals surface area (Å²) in [6.45, 7) is 11.2. The first-order valence-electron chi connectivity index (χ1n) is 13.3. The molecular formula is C30H43Cl2N3O2. The number of amides is 2. The number of rotatable bonds is 10. The van der Waals surface area contributed by atoms with Gasteiger partial charge in [0.2, 0.25) is 12.3 Å². The number of benzene rings is 2. The Kier molecular flexibility index (Phi) is 12.9. The van der Waals surface area contributed by atoms with E-state index in [1.807, 2.05) is 30.3 Å². The third-order valence-corrected chi connectivity index (χ3v) is 6.62. The lowest BCUT2D eigenvalue weighted by Crippen LogP contribution is -2.50. The van der Waals surface area contributed by atoms with Crippen LogP contribution in [0.15, 0.2) is 42.5 Å². The summed E-state index contributed by atoms with van der Waals surface area (Å²) in [6.07, 6.45) is 6.99. The molecule has 1 saturated carbocycles. The van der Waals surface area contributed by atoms with Crippen LogP contribution in [0, 0.1) is 5.41 Å². The largest absolute Gasteiger partial charge is 0.352 e. The number of hydrogen-bond donors (Lipinski definition) is 3. The molecule has 5 nitrogen and oxygen atoms in total. The van der Waals surface area contributed by atoms with Gasteiger partial charge in [-0.1, -0.05) is 95.3 Å². The quantitative estimate of drug-likeness (QED) is 0.266. The van der Waals surface area contributed by atoms with E-state index < -0.39 is 6.04 Å². The lowest BCUT2D eigenvalue weighted by Gasteiger charge is -2.30. The molecule has 7 heteroatoms. The van der Waals surface area contributed by atoms with Crippen molar-refractivity contribution < 1.29 is 9.59 Å². The van der Waals surface area contributed by atoms with Crippen molar-refractivity contribution in [3.05, 3.63) is 63.6 Å². The molecule has 2 atom stereocenters. The maximum Gasteiger partial charge on any atom is 0.237 e. The summed E-state index contributed by atoms with van der Waals surface area (Å²) in [5.41, 5.74) is 3.01. The van der Waals surface area contributed by atoms with Gasteiger partial charge in [0.15, 0.2) is 0 Å². The van der Waals surface area contributed by atoms with E-state index >= 15 is 0 Å². The predicted octanol–water partition coefficient (Wildman–Crippen LogP) is 7.72. The molecule has 0 saturated heterocycles. The Hall–Kier alpha value is -2.08. The number of halogens is 2. The molecule has 2 aromatic carbocycles. The summed E-state index contributed by atoms with van der Waals surface area (Å²) in [4.78, 5) is 24.5. The van der Waals surface area contributed by atoms with E-state index in [9.17, 15) is 9.59 Å². The van der Waals surface area contributed by atoms with Crippen molar-refractivity contribution in [1.29, 1.82) is 0 Å². The van der Waals surface area contributed by atoms with Crippen molar-refractivity contribution in [2.45, 2.75) is 97.7 Å². The van der Waals surface area contributed by atoms with Crippen molar-refractivity contribution in [3.63, 3.8) is 0 Å². The van der Waals surface area contributed by atoms with Gasteiger partial charge in [0, 0.05) is 34.2 Å². The molecular weight excluding hydrogens is 505 g/mol. The fourth-order valence-corrected chi connectivity index (χ4v) is 4.85. The zero-order chi connectivity index (χ0) is 27.4. The fraction of sp³-hybridized carbons (Fsp3) is 0.533. The second-order valence-corrected chi connectivity index (χ2v) is 12.2. The summed E-state index contributed by atoms with van der Waals surface area (Å²) >= 11 is 12.3. The Morgan fingerprint density at radius 3 is 2.27 bits per heavy atom. The van der Waals surface area contributed by atoms with Gasteiger partial charge >= 0.3 is 0 Å². The molecule has 204 valence electrons. The second-order valence-electron chi connectivity index (χ2n) is 11.3. The minimum absolute atomic E-state index is 0.00239. The Morgan fingerprint density at radius 2 is 1.68 bits per heavy atom. The highest BCUT2D eigenvalue weighted by atomic mass is 35.5. The van der Waals surface area contributed by atoms with Gasteiger partial charge in [-0.15, -0.1) is 0 Å². The first-order valence-corrected chi connectivity index (χ1v) is 14.0. The van der Waals surface area contributed by atoms with Gasteiger partial charge in [-0.3, -0.25) is 9.59 Å². The fourth-order valence-electron chi connectivity index (χ4n) is 4.48. The van der Waals surface area contributed by atoms with Crippen LogP contribution < -0.4 is 16.0 Å². The smallest absolute Gasteiger partial charge is 0.237 e. The first-order chi connectivity index (χ1) is 17.5. The first kappa shape index (κ1) is 31.1. The van der Waals surface area contributed by atoms with Gasteiger partial charge in [-0.25, -0.2) is 0 Å². The van der Waals surface area contributed by atoms with Crippen molar-refractivity contribution in [2.24, 2.45) is 5.41 Å². The topological polar surface area (TPSA) is 70.2 Å². The highest BCUT2D eigenvalue weighted by Crippen LogP contribution is 2.28. The van der Waals surface area contributed by atoms with Gasteiger partial charge in [0.1, 0.15) is 0 Å². The van der Waals surface area contributed by atoms with Crippen molar-refractivity contribution in [3.8, 4) is 0 Å². The van der Waals surface area contributed by atoms with Crippen LogP contribution in [0.5, 0.6) is 0 Å². The molecule has 3 rings (SSSR count). The molecule has 1 aliphatic carbocycles. The van der Waals surface area contributed by atoms with E-state index in [-0.39, 0.29) is 17.9 Å². The average Bonchev–Trinajstić information content (AvgIpc) is 2.82. The van der Waals surface area contributed by atoms with Crippen molar-refractivity contribution in [2.75, 3.05) is 5.32 Å². The van der Waals surface area contributed by atoms with Crippen LogP contribution in [0.1, 0.15) is 90.2 Å². The van der Waals surface area contributed by atoms with E-state index in [0.717, 1.165) is 43.2 Å². The molecule has 37 heavy (non-hydrogen) atoms. The SMILES string of the molecule is CC(C)(C)C.CCC(c1cccc(Cl)c1)[C@@H](NCc1ccc(Cl)cc1NC=O)C(=O)NC1CCCCC1. The van der Waals surface area contributed by atoms with Gasteiger partial charge in [-0.2, -0.15) is 0 Å². The zero-order valence-corrected chi connectivity index (χ0v) is 24.4. The third kappa shape index (κ3) is 11.5. The summed E-state index contributed by atoms with van der Waals surface area (Å²) < 4.78 is 0. The maximum atomic E-state index is 13.5. The molecule has 1 fully saturated rings. The molecule has 0 radical (unpaired) electrons. The number of hydrogen-bond acceptors (Lipinski definition) is 3. The lowest BCUT2D eigenvalue weighted by atomic mass is 9.87. The second kappa shape index (κ2) is 15.4. The number of carbonyl (C=O) groups excluding carboxylic acids is 2. The number of nitrogens with one attached hydrogen (secondary N) is 3. The predicted molar refractivity (Wildman–Crippen MR) is 156 cm³/mol. The summed E-state index contributed by atoms with van der Waals surface area (Å²) in [7, 11) is 0. The average molecular weight is 549 g/mol. The molecule has 0 aromatic heterocycles. The molecule has 1 unspecified atom stereocenters. The van der Waals surface area contributed by atoms with E-state index in [4.69, 9.17) is 23.2 Å².